The van der Waals surface area contributed by atoms with E-state index in [1.54, 1.807) is 0 Å². The van der Waals surface area contributed by atoms with Crippen molar-refractivity contribution in [1.29, 1.82) is 0 Å². The van der Waals surface area contributed by atoms with Gasteiger partial charge in [-0.15, -0.1) is 38.0 Å². The SMILES string of the molecule is COc1ccc(OC(F)(F)F)cc1[C@H](C)N1CCNCC1.Cl.Cl. The highest BCUT2D eigenvalue weighted by molar-refractivity contribution is 5.85. The fraction of sp³-hybridized carbons (Fsp3) is 0.571. The summed E-state index contributed by atoms with van der Waals surface area (Å²) < 4.78 is 46.3. The molecular formula is C14H21Cl2F3N2O2. The minimum Gasteiger partial charge on any atom is -0.496 e. The van der Waals surface area contributed by atoms with E-state index in [9.17, 15) is 13.2 Å². The Kier molecular flexibility index (Phi) is 9.05. The number of ether oxygens (including phenoxy) is 2. The molecule has 0 aliphatic carbocycles. The Hall–Kier alpha value is -0.890. The third-order valence-electron chi connectivity index (χ3n) is 3.58. The molecule has 4 nitrogen and oxygen atoms in total. The number of halogens is 5. The first-order valence-electron chi connectivity index (χ1n) is 6.79. The van der Waals surface area contributed by atoms with Gasteiger partial charge < -0.3 is 14.8 Å². The standard InChI is InChI=1S/C14H19F3N2O2.2ClH/c1-10(19-7-5-18-6-8-19)12-9-11(21-14(15,16)17)3-4-13(12)20-2;;/h3-4,9-10,18H,5-8H2,1-2H3;2*1H/t10-;;/m0../s1. The van der Waals surface area contributed by atoms with Crippen molar-refractivity contribution in [3.63, 3.8) is 0 Å². The highest BCUT2D eigenvalue weighted by Gasteiger charge is 2.32. The molecule has 9 heteroatoms. The maximum atomic E-state index is 12.3. The molecule has 1 fully saturated rings. The zero-order valence-corrected chi connectivity index (χ0v) is 14.5. The molecule has 0 bridgehead atoms. The molecule has 0 radical (unpaired) electrons. The molecule has 134 valence electrons. The lowest BCUT2D eigenvalue weighted by atomic mass is 10.0. The van der Waals surface area contributed by atoms with E-state index in [-0.39, 0.29) is 36.6 Å². The van der Waals surface area contributed by atoms with Gasteiger partial charge in [-0.1, -0.05) is 0 Å². The third-order valence-corrected chi connectivity index (χ3v) is 3.58. The summed E-state index contributed by atoms with van der Waals surface area (Å²) in [5.41, 5.74) is 0.696. The molecule has 1 aromatic rings. The fourth-order valence-electron chi connectivity index (χ4n) is 2.50. The van der Waals surface area contributed by atoms with Crippen LogP contribution in [-0.4, -0.2) is 44.6 Å². The number of alkyl halides is 3. The van der Waals surface area contributed by atoms with Crippen LogP contribution in [0.5, 0.6) is 11.5 Å². The monoisotopic (exact) mass is 376 g/mol. The van der Waals surface area contributed by atoms with E-state index < -0.39 is 6.36 Å². The van der Waals surface area contributed by atoms with Gasteiger partial charge in [0.15, 0.2) is 0 Å². The molecule has 0 spiro atoms. The lowest BCUT2D eigenvalue weighted by Crippen LogP contribution is -2.44. The predicted octanol–water partition coefficient (Wildman–Crippen LogP) is 3.40. The maximum absolute atomic E-state index is 12.3. The molecule has 1 saturated heterocycles. The number of hydrogen-bond acceptors (Lipinski definition) is 4. The van der Waals surface area contributed by atoms with Crippen molar-refractivity contribution in [2.45, 2.75) is 19.3 Å². The van der Waals surface area contributed by atoms with Crippen LogP contribution in [-0.2, 0) is 0 Å². The van der Waals surface area contributed by atoms with Crippen molar-refractivity contribution in [2.24, 2.45) is 0 Å². The summed E-state index contributed by atoms with van der Waals surface area (Å²) in [6.07, 6.45) is -4.69. The molecule has 1 aliphatic heterocycles. The van der Waals surface area contributed by atoms with Gasteiger partial charge in [0.05, 0.1) is 7.11 Å². The van der Waals surface area contributed by atoms with Crippen LogP contribution >= 0.6 is 24.8 Å². The third kappa shape index (κ3) is 6.25. The van der Waals surface area contributed by atoms with Gasteiger partial charge in [0, 0.05) is 37.8 Å². The Morgan fingerprint density at radius 2 is 1.78 bits per heavy atom. The number of rotatable bonds is 4. The quantitative estimate of drug-likeness (QED) is 0.872. The van der Waals surface area contributed by atoms with E-state index in [0.29, 0.717) is 11.3 Å². The van der Waals surface area contributed by atoms with E-state index in [4.69, 9.17) is 4.74 Å². The van der Waals surface area contributed by atoms with Crippen molar-refractivity contribution in [2.75, 3.05) is 33.3 Å². The van der Waals surface area contributed by atoms with Crippen LogP contribution in [0.4, 0.5) is 13.2 Å². The average Bonchev–Trinajstić information content (AvgIpc) is 2.45. The number of piperazine rings is 1. The van der Waals surface area contributed by atoms with Crippen LogP contribution in [0.15, 0.2) is 18.2 Å². The Bertz CT molecular complexity index is 484. The van der Waals surface area contributed by atoms with Crippen molar-refractivity contribution in [3.8, 4) is 11.5 Å². The fourth-order valence-corrected chi connectivity index (χ4v) is 2.50. The van der Waals surface area contributed by atoms with Gasteiger partial charge in [-0.05, 0) is 25.1 Å². The number of nitrogens with one attached hydrogen (secondary N) is 1. The highest BCUT2D eigenvalue weighted by Crippen LogP contribution is 2.34. The van der Waals surface area contributed by atoms with Crippen LogP contribution in [0.1, 0.15) is 18.5 Å². The second kappa shape index (κ2) is 9.42. The topological polar surface area (TPSA) is 33.7 Å². The Labute approximate surface area is 146 Å². The van der Waals surface area contributed by atoms with E-state index in [1.165, 1.54) is 25.3 Å². The van der Waals surface area contributed by atoms with Gasteiger partial charge >= 0.3 is 6.36 Å². The minimum atomic E-state index is -4.69. The molecule has 23 heavy (non-hydrogen) atoms. The average molecular weight is 377 g/mol. The van der Waals surface area contributed by atoms with Gasteiger partial charge in [-0.3, -0.25) is 4.90 Å². The molecule has 0 amide bonds. The van der Waals surface area contributed by atoms with Crippen LogP contribution in [0.3, 0.4) is 0 Å². The second-order valence-electron chi connectivity index (χ2n) is 4.91. The minimum absolute atomic E-state index is 0. The largest absolute Gasteiger partial charge is 0.573 e. The highest BCUT2D eigenvalue weighted by atomic mass is 35.5. The second-order valence-corrected chi connectivity index (χ2v) is 4.91. The van der Waals surface area contributed by atoms with Crippen LogP contribution in [0.2, 0.25) is 0 Å². The summed E-state index contributed by atoms with van der Waals surface area (Å²) in [7, 11) is 1.51. The lowest BCUT2D eigenvalue weighted by molar-refractivity contribution is -0.274. The summed E-state index contributed by atoms with van der Waals surface area (Å²) in [6, 6.07) is 4.13. The van der Waals surface area contributed by atoms with Crippen LogP contribution < -0.4 is 14.8 Å². The van der Waals surface area contributed by atoms with Gasteiger partial charge in [0.25, 0.3) is 0 Å². The summed E-state index contributed by atoms with van der Waals surface area (Å²) in [5, 5.41) is 3.25. The Morgan fingerprint density at radius 3 is 2.30 bits per heavy atom. The molecule has 1 aromatic carbocycles. The zero-order valence-electron chi connectivity index (χ0n) is 12.9. The first-order chi connectivity index (χ1) is 9.90. The number of hydrogen-bond donors (Lipinski definition) is 1. The van der Waals surface area contributed by atoms with Gasteiger partial charge in [0.1, 0.15) is 11.5 Å². The van der Waals surface area contributed by atoms with Crippen molar-refractivity contribution in [1.82, 2.24) is 10.2 Å². The van der Waals surface area contributed by atoms with E-state index in [2.05, 4.69) is 15.0 Å². The van der Waals surface area contributed by atoms with Gasteiger partial charge in [-0.2, -0.15) is 0 Å². The van der Waals surface area contributed by atoms with Gasteiger partial charge in [0.2, 0.25) is 0 Å². The summed E-state index contributed by atoms with van der Waals surface area (Å²) in [6.45, 7) is 5.38. The molecule has 1 atom stereocenters. The smallest absolute Gasteiger partial charge is 0.496 e. The van der Waals surface area contributed by atoms with Crippen LogP contribution in [0.25, 0.3) is 0 Å². The molecule has 2 rings (SSSR count). The Balaban J connectivity index is 0.00000242. The van der Waals surface area contributed by atoms with Crippen molar-refractivity contribution in [3.05, 3.63) is 23.8 Å². The van der Waals surface area contributed by atoms with Crippen molar-refractivity contribution < 1.29 is 22.6 Å². The van der Waals surface area contributed by atoms with E-state index >= 15 is 0 Å². The molecule has 1 N–H and O–H groups in total. The number of benzene rings is 1. The summed E-state index contributed by atoms with van der Waals surface area (Å²) >= 11 is 0. The molecule has 1 heterocycles. The molecule has 0 aromatic heterocycles. The van der Waals surface area contributed by atoms with Crippen LogP contribution in [0, 0.1) is 0 Å². The van der Waals surface area contributed by atoms with E-state index in [1.807, 2.05) is 6.92 Å². The molecule has 0 saturated carbocycles. The maximum Gasteiger partial charge on any atom is 0.573 e. The summed E-state index contributed by atoms with van der Waals surface area (Å²) in [4.78, 5) is 2.20. The Morgan fingerprint density at radius 1 is 1.17 bits per heavy atom. The normalized spacial score (nSPS) is 16.7. The van der Waals surface area contributed by atoms with Crippen molar-refractivity contribution >= 4 is 24.8 Å². The first kappa shape index (κ1) is 22.1. The molecule has 1 aliphatic rings. The predicted molar refractivity (Wildman–Crippen MR) is 87.0 cm³/mol. The first-order valence-corrected chi connectivity index (χ1v) is 6.79. The number of methoxy groups -OCH3 is 1. The van der Waals surface area contributed by atoms with Gasteiger partial charge in [-0.25, -0.2) is 0 Å². The van der Waals surface area contributed by atoms with E-state index in [0.717, 1.165) is 26.2 Å². The zero-order chi connectivity index (χ0) is 15.5. The number of nitrogens with zero attached hydrogens (tertiary/aromatic N) is 1. The molecule has 0 unspecified atom stereocenters. The lowest BCUT2D eigenvalue weighted by Gasteiger charge is -2.33. The summed E-state index contributed by atoms with van der Waals surface area (Å²) in [5.74, 6) is 0.343. The molecular weight excluding hydrogens is 356 g/mol.